The molecule has 3 saturated heterocycles. The molecule has 4 rings (SSSR count). The highest BCUT2D eigenvalue weighted by molar-refractivity contribution is 7.89. The predicted octanol–water partition coefficient (Wildman–Crippen LogP) is 1.53. The van der Waals surface area contributed by atoms with Crippen molar-refractivity contribution in [3.8, 4) is 0 Å². The van der Waals surface area contributed by atoms with Gasteiger partial charge >= 0.3 is 6.18 Å². The summed E-state index contributed by atoms with van der Waals surface area (Å²) in [4.78, 5) is 28.5. The van der Waals surface area contributed by atoms with Gasteiger partial charge in [-0.2, -0.15) is 13.2 Å². The largest absolute Gasteiger partial charge is 0.416 e. The van der Waals surface area contributed by atoms with E-state index < -0.39 is 44.8 Å². The zero-order chi connectivity index (χ0) is 24.0. The van der Waals surface area contributed by atoms with E-state index in [-0.39, 0.29) is 43.8 Å². The molecule has 33 heavy (non-hydrogen) atoms. The lowest BCUT2D eigenvalue weighted by Crippen LogP contribution is -2.66. The number of ether oxygens (including phenoxy) is 1. The number of hydrogen-bond acceptors (Lipinski definition) is 5. The third-order valence-electron chi connectivity index (χ3n) is 6.24. The maximum Gasteiger partial charge on any atom is 0.416 e. The normalized spacial score (nSPS) is 28.0. The Kier molecular flexibility index (Phi) is 6.27. The monoisotopic (exact) mass is 487 g/mol. The molecule has 0 bridgehead atoms. The van der Waals surface area contributed by atoms with E-state index >= 15 is 0 Å². The minimum absolute atomic E-state index is 0.0458. The number of nitrogens with zero attached hydrogens (tertiary/aromatic N) is 2. The summed E-state index contributed by atoms with van der Waals surface area (Å²) >= 11 is 0. The summed E-state index contributed by atoms with van der Waals surface area (Å²) in [5.41, 5.74) is -1.07. The number of alkyl halides is 3. The molecule has 3 heterocycles. The Bertz CT molecular complexity index is 1060. The number of piperidine rings is 1. The zero-order valence-electron chi connectivity index (χ0n) is 17.6. The van der Waals surface area contributed by atoms with E-state index in [2.05, 4.69) is 11.3 Å². The summed E-state index contributed by atoms with van der Waals surface area (Å²) in [5, 5.41) is 0. The van der Waals surface area contributed by atoms with Gasteiger partial charge < -0.3 is 14.5 Å². The van der Waals surface area contributed by atoms with Crippen molar-refractivity contribution in [1.82, 2.24) is 14.5 Å². The minimum atomic E-state index is -4.68. The SMILES string of the molecule is C=CCOC1CC2C(=O)N3CCC(NS(=O)(=O)c4cccc(C(F)(F)F)c4)CC3C(=O)N2C1. The lowest BCUT2D eigenvalue weighted by Gasteiger charge is -2.46. The molecule has 180 valence electrons. The topological polar surface area (TPSA) is 96.0 Å². The van der Waals surface area contributed by atoms with E-state index in [9.17, 15) is 31.2 Å². The quantitative estimate of drug-likeness (QED) is 0.614. The molecule has 1 aromatic carbocycles. The molecule has 0 aromatic heterocycles. The van der Waals surface area contributed by atoms with Gasteiger partial charge in [0.2, 0.25) is 21.8 Å². The predicted molar refractivity (Wildman–Crippen MR) is 110 cm³/mol. The first-order chi connectivity index (χ1) is 15.5. The lowest BCUT2D eigenvalue weighted by atomic mass is 9.93. The van der Waals surface area contributed by atoms with Crippen LogP contribution in [0.3, 0.4) is 0 Å². The summed E-state index contributed by atoms with van der Waals surface area (Å²) in [6.07, 6.45) is -2.68. The van der Waals surface area contributed by atoms with Crippen molar-refractivity contribution >= 4 is 21.8 Å². The Morgan fingerprint density at radius 2 is 1.85 bits per heavy atom. The number of halogens is 3. The first kappa shape index (κ1) is 23.7. The molecule has 2 amide bonds. The fourth-order valence-corrected chi connectivity index (χ4v) is 6.01. The third kappa shape index (κ3) is 4.64. The van der Waals surface area contributed by atoms with Crippen molar-refractivity contribution in [2.24, 2.45) is 0 Å². The first-order valence-corrected chi connectivity index (χ1v) is 12.0. The van der Waals surface area contributed by atoms with Gasteiger partial charge in [0.25, 0.3) is 0 Å². The molecule has 4 atom stereocenters. The Morgan fingerprint density at radius 1 is 1.15 bits per heavy atom. The number of nitrogens with one attached hydrogen (secondary N) is 1. The lowest BCUT2D eigenvalue weighted by molar-refractivity contribution is -0.161. The maximum absolute atomic E-state index is 13.1. The number of piperazine rings is 1. The molecular formula is C21H24F3N3O5S. The van der Waals surface area contributed by atoms with Gasteiger partial charge in [0.1, 0.15) is 12.1 Å². The van der Waals surface area contributed by atoms with Crippen LogP contribution in [0.2, 0.25) is 0 Å². The molecule has 3 aliphatic heterocycles. The standard InChI is InChI=1S/C21H24F3N3O5S/c1-2-8-32-15-11-18-19(28)26-7-6-14(10-17(26)20(29)27(18)12-15)25-33(30,31)16-5-3-4-13(9-16)21(22,23)24/h2-5,9,14-15,17-18,25H,1,6-8,10-12H2. The average Bonchev–Trinajstić information content (AvgIpc) is 3.20. The van der Waals surface area contributed by atoms with Crippen LogP contribution in [0.25, 0.3) is 0 Å². The number of carbonyl (C=O) groups is 2. The van der Waals surface area contributed by atoms with Crippen LogP contribution < -0.4 is 4.72 Å². The third-order valence-corrected chi connectivity index (χ3v) is 7.76. The number of benzene rings is 1. The highest BCUT2D eigenvalue weighted by Gasteiger charge is 2.52. The van der Waals surface area contributed by atoms with Crippen molar-refractivity contribution < 1.29 is 35.9 Å². The van der Waals surface area contributed by atoms with Crippen LogP contribution in [-0.2, 0) is 30.5 Å². The summed E-state index contributed by atoms with van der Waals surface area (Å²) in [6, 6.07) is 1.36. The molecule has 8 nitrogen and oxygen atoms in total. The molecule has 3 fully saturated rings. The average molecular weight is 488 g/mol. The van der Waals surface area contributed by atoms with Crippen molar-refractivity contribution in [3.05, 3.63) is 42.5 Å². The second-order valence-electron chi connectivity index (χ2n) is 8.40. The first-order valence-electron chi connectivity index (χ1n) is 10.5. The summed E-state index contributed by atoms with van der Waals surface area (Å²) in [7, 11) is -4.26. The summed E-state index contributed by atoms with van der Waals surface area (Å²) < 4.78 is 72.4. The van der Waals surface area contributed by atoms with Gasteiger partial charge in [-0.15, -0.1) is 6.58 Å². The van der Waals surface area contributed by atoms with E-state index in [1.165, 1.54) is 9.80 Å². The number of fused-ring (bicyclic) bond motifs is 2. The van der Waals surface area contributed by atoms with Crippen LogP contribution in [0.1, 0.15) is 24.8 Å². The molecular weight excluding hydrogens is 463 g/mol. The van der Waals surface area contributed by atoms with Crippen molar-refractivity contribution in [2.45, 2.75) is 54.6 Å². The molecule has 4 unspecified atom stereocenters. The number of carbonyl (C=O) groups excluding carboxylic acids is 2. The van der Waals surface area contributed by atoms with Crippen LogP contribution in [-0.4, -0.2) is 74.0 Å². The van der Waals surface area contributed by atoms with Crippen molar-refractivity contribution in [3.63, 3.8) is 0 Å². The fourth-order valence-electron chi connectivity index (χ4n) is 4.68. The fraction of sp³-hybridized carbons (Fsp3) is 0.524. The molecule has 1 aromatic rings. The molecule has 0 radical (unpaired) electrons. The Morgan fingerprint density at radius 3 is 2.55 bits per heavy atom. The van der Waals surface area contributed by atoms with Gasteiger partial charge in [0.05, 0.1) is 23.2 Å². The minimum Gasteiger partial charge on any atom is -0.372 e. The van der Waals surface area contributed by atoms with E-state index in [4.69, 9.17) is 4.74 Å². The van der Waals surface area contributed by atoms with E-state index in [0.29, 0.717) is 19.1 Å². The zero-order valence-corrected chi connectivity index (χ0v) is 18.4. The molecule has 0 aliphatic carbocycles. The summed E-state index contributed by atoms with van der Waals surface area (Å²) in [6.45, 7) is 4.34. The smallest absolute Gasteiger partial charge is 0.372 e. The van der Waals surface area contributed by atoms with Gasteiger partial charge in [-0.1, -0.05) is 12.1 Å². The van der Waals surface area contributed by atoms with Crippen molar-refractivity contribution in [2.75, 3.05) is 19.7 Å². The van der Waals surface area contributed by atoms with E-state index in [1.54, 1.807) is 6.08 Å². The second-order valence-corrected chi connectivity index (χ2v) is 10.1. The number of sulfonamides is 1. The second kappa shape index (κ2) is 8.73. The molecule has 3 aliphatic rings. The van der Waals surface area contributed by atoms with Crippen LogP contribution in [0, 0.1) is 0 Å². The number of amides is 2. The molecule has 12 heteroatoms. The molecule has 1 N–H and O–H groups in total. The van der Waals surface area contributed by atoms with Gasteiger partial charge in [-0.25, -0.2) is 13.1 Å². The van der Waals surface area contributed by atoms with Crippen LogP contribution >= 0.6 is 0 Å². The van der Waals surface area contributed by atoms with Crippen LogP contribution in [0.15, 0.2) is 41.8 Å². The van der Waals surface area contributed by atoms with E-state index in [1.807, 2.05) is 0 Å². The van der Waals surface area contributed by atoms with Gasteiger partial charge in [-0.05, 0) is 31.0 Å². The van der Waals surface area contributed by atoms with Gasteiger partial charge in [0, 0.05) is 25.6 Å². The molecule has 0 saturated carbocycles. The highest BCUT2D eigenvalue weighted by Crippen LogP contribution is 2.34. The van der Waals surface area contributed by atoms with Crippen molar-refractivity contribution in [1.29, 1.82) is 0 Å². The Balaban J connectivity index is 1.47. The molecule has 0 spiro atoms. The van der Waals surface area contributed by atoms with Crippen LogP contribution in [0.5, 0.6) is 0 Å². The Hall–Kier alpha value is -2.44. The Labute approximate surface area is 189 Å². The van der Waals surface area contributed by atoms with E-state index in [0.717, 1.165) is 18.2 Å². The highest BCUT2D eigenvalue weighted by atomic mass is 32.2. The number of rotatable bonds is 6. The van der Waals surface area contributed by atoms with Gasteiger partial charge in [-0.3, -0.25) is 9.59 Å². The van der Waals surface area contributed by atoms with Gasteiger partial charge in [0.15, 0.2) is 0 Å². The number of hydrogen-bond donors (Lipinski definition) is 1. The van der Waals surface area contributed by atoms with Crippen LogP contribution in [0.4, 0.5) is 13.2 Å². The maximum atomic E-state index is 13.1. The summed E-state index contributed by atoms with van der Waals surface area (Å²) in [5.74, 6) is -0.462.